The summed E-state index contributed by atoms with van der Waals surface area (Å²) in [6.07, 6.45) is 0.906. The molecular weight excluding hydrogens is 280 g/mol. The minimum absolute atomic E-state index is 0.0689. The number of nitrogens with one attached hydrogen (secondary N) is 1. The second-order valence-corrected chi connectivity index (χ2v) is 4.11. The fourth-order valence-corrected chi connectivity index (χ4v) is 1.47. The van der Waals surface area contributed by atoms with Crippen LogP contribution in [0.25, 0.3) is 0 Å². The summed E-state index contributed by atoms with van der Waals surface area (Å²) >= 11 is 3.24. The maximum atomic E-state index is 12.8. The monoisotopic (exact) mass is 291 g/mol. The van der Waals surface area contributed by atoms with E-state index in [4.69, 9.17) is 0 Å². The van der Waals surface area contributed by atoms with E-state index in [-0.39, 0.29) is 12.3 Å². The van der Waals surface area contributed by atoms with Crippen molar-refractivity contribution in [2.24, 2.45) is 0 Å². The quantitative estimate of drug-likeness (QED) is 0.655. The summed E-state index contributed by atoms with van der Waals surface area (Å²) in [6.45, 7) is 0.577. The maximum Gasteiger partial charge on any atom is 0.224 e. The van der Waals surface area contributed by atoms with Crippen molar-refractivity contribution in [3.8, 4) is 0 Å². The molecule has 0 fully saturated rings. The standard InChI is InChI=1S/C11H12BrF2NO/c12-4-1-5-15-11(16)7-8-2-3-9(13)10(14)6-8/h2-3,6H,1,4-5,7H2,(H,15,16). The zero-order valence-electron chi connectivity index (χ0n) is 8.60. The van der Waals surface area contributed by atoms with Gasteiger partial charge in [-0.3, -0.25) is 4.79 Å². The van der Waals surface area contributed by atoms with Crippen LogP contribution in [0.2, 0.25) is 0 Å². The van der Waals surface area contributed by atoms with Gasteiger partial charge in [0.15, 0.2) is 11.6 Å². The molecule has 88 valence electrons. The van der Waals surface area contributed by atoms with Crippen molar-refractivity contribution in [1.82, 2.24) is 5.32 Å². The van der Waals surface area contributed by atoms with Gasteiger partial charge in [0.05, 0.1) is 6.42 Å². The van der Waals surface area contributed by atoms with Crippen LogP contribution >= 0.6 is 15.9 Å². The molecule has 1 amide bonds. The normalized spacial score (nSPS) is 10.2. The minimum Gasteiger partial charge on any atom is -0.356 e. The molecule has 0 atom stereocenters. The lowest BCUT2D eigenvalue weighted by Crippen LogP contribution is -2.26. The molecule has 0 radical (unpaired) electrons. The van der Waals surface area contributed by atoms with Crippen molar-refractivity contribution in [1.29, 1.82) is 0 Å². The first-order valence-electron chi connectivity index (χ1n) is 4.90. The molecule has 0 aliphatic heterocycles. The summed E-state index contributed by atoms with van der Waals surface area (Å²) in [4.78, 5) is 11.3. The van der Waals surface area contributed by atoms with Crippen LogP contribution < -0.4 is 5.32 Å². The molecule has 16 heavy (non-hydrogen) atoms. The Morgan fingerprint density at radius 1 is 1.31 bits per heavy atom. The van der Waals surface area contributed by atoms with Crippen LogP contribution in [0.15, 0.2) is 18.2 Å². The Hall–Kier alpha value is -0.970. The third-order valence-electron chi connectivity index (χ3n) is 1.98. The van der Waals surface area contributed by atoms with E-state index in [1.807, 2.05) is 0 Å². The number of carbonyl (C=O) groups excluding carboxylic acids is 1. The zero-order valence-corrected chi connectivity index (χ0v) is 10.2. The third-order valence-corrected chi connectivity index (χ3v) is 2.54. The molecule has 1 rings (SSSR count). The predicted octanol–water partition coefficient (Wildman–Crippen LogP) is 2.41. The number of hydrogen-bond donors (Lipinski definition) is 1. The number of carbonyl (C=O) groups is 1. The second kappa shape index (κ2) is 6.58. The van der Waals surface area contributed by atoms with E-state index in [9.17, 15) is 13.6 Å². The first-order valence-corrected chi connectivity index (χ1v) is 6.02. The summed E-state index contributed by atoms with van der Waals surface area (Å²) in [7, 11) is 0. The molecule has 0 aromatic heterocycles. The molecular formula is C11H12BrF2NO. The second-order valence-electron chi connectivity index (χ2n) is 3.32. The first-order chi connectivity index (χ1) is 7.63. The Morgan fingerprint density at radius 3 is 2.69 bits per heavy atom. The number of rotatable bonds is 5. The van der Waals surface area contributed by atoms with Gasteiger partial charge in [0.1, 0.15) is 0 Å². The molecule has 0 aliphatic rings. The number of hydrogen-bond acceptors (Lipinski definition) is 1. The van der Waals surface area contributed by atoms with Crippen molar-refractivity contribution in [2.45, 2.75) is 12.8 Å². The summed E-state index contributed by atoms with van der Waals surface area (Å²) in [5.41, 5.74) is 0.468. The SMILES string of the molecule is O=C(Cc1ccc(F)c(F)c1)NCCCBr. The molecule has 0 spiro atoms. The van der Waals surface area contributed by atoms with Crippen molar-refractivity contribution in [3.05, 3.63) is 35.4 Å². The fraction of sp³-hybridized carbons (Fsp3) is 0.364. The van der Waals surface area contributed by atoms with Crippen molar-refractivity contribution < 1.29 is 13.6 Å². The molecule has 0 saturated heterocycles. The zero-order chi connectivity index (χ0) is 12.0. The average molecular weight is 292 g/mol. The van der Waals surface area contributed by atoms with Gasteiger partial charge in [-0.25, -0.2) is 8.78 Å². The van der Waals surface area contributed by atoms with E-state index in [0.717, 1.165) is 23.9 Å². The van der Waals surface area contributed by atoms with Gasteiger partial charge >= 0.3 is 0 Å². The van der Waals surface area contributed by atoms with Gasteiger partial charge < -0.3 is 5.32 Å². The number of benzene rings is 1. The van der Waals surface area contributed by atoms with Crippen LogP contribution in [0, 0.1) is 11.6 Å². The van der Waals surface area contributed by atoms with Crippen LogP contribution in [0.5, 0.6) is 0 Å². The van der Waals surface area contributed by atoms with E-state index < -0.39 is 11.6 Å². The van der Waals surface area contributed by atoms with E-state index in [1.54, 1.807) is 0 Å². The lowest BCUT2D eigenvalue weighted by atomic mass is 10.1. The van der Waals surface area contributed by atoms with Gasteiger partial charge in [-0.1, -0.05) is 22.0 Å². The number of alkyl halides is 1. The Kier molecular flexibility index (Phi) is 5.38. The Bertz CT molecular complexity index is 371. The van der Waals surface area contributed by atoms with Crippen molar-refractivity contribution in [2.75, 3.05) is 11.9 Å². The predicted molar refractivity (Wildman–Crippen MR) is 61.5 cm³/mol. The van der Waals surface area contributed by atoms with E-state index >= 15 is 0 Å². The fourth-order valence-electron chi connectivity index (χ4n) is 1.19. The lowest BCUT2D eigenvalue weighted by Gasteiger charge is -2.04. The minimum atomic E-state index is -0.925. The molecule has 1 N–H and O–H groups in total. The van der Waals surface area contributed by atoms with E-state index in [0.29, 0.717) is 12.1 Å². The molecule has 5 heteroatoms. The highest BCUT2D eigenvalue weighted by atomic mass is 79.9. The topological polar surface area (TPSA) is 29.1 Å². The van der Waals surface area contributed by atoms with Gasteiger partial charge in [0.2, 0.25) is 5.91 Å². The molecule has 0 aliphatic carbocycles. The molecule has 2 nitrogen and oxygen atoms in total. The van der Waals surface area contributed by atoms with Crippen molar-refractivity contribution >= 4 is 21.8 Å². The lowest BCUT2D eigenvalue weighted by molar-refractivity contribution is -0.120. The molecule has 1 aromatic rings. The molecule has 0 bridgehead atoms. The Labute approximate surface area is 101 Å². The van der Waals surface area contributed by atoms with Crippen LogP contribution in [-0.4, -0.2) is 17.8 Å². The molecule has 0 heterocycles. The van der Waals surface area contributed by atoms with Gasteiger partial charge in [-0.2, -0.15) is 0 Å². The molecule has 0 saturated carbocycles. The van der Waals surface area contributed by atoms with Crippen LogP contribution in [0.3, 0.4) is 0 Å². The third kappa shape index (κ3) is 4.26. The smallest absolute Gasteiger partial charge is 0.224 e. The first kappa shape index (κ1) is 13.1. The summed E-state index contributed by atoms with van der Waals surface area (Å²) in [6, 6.07) is 3.47. The van der Waals surface area contributed by atoms with Gasteiger partial charge in [0.25, 0.3) is 0 Å². The van der Waals surface area contributed by atoms with E-state index in [1.165, 1.54) is 6.07 Å². The maximum absolute atomic E-state index is 12.8. The highest BCUT2D eigenvalue weighted by Crippen LogP contribution is 2.09. The van der Waals surface area contributed by atoms with Gasteiger partial charge in [0, 0.05) is 11.9 Å². The van der Waals surface area contributed by atoms with Crippen LogP contribution in [0.4, 0.5) is 8.78 Å². The number of amides is 1. The van der Waals surface area contributed by atoms with Gasteiger partial charge in [-0.15, -0.1) is 0 Å². The van der Waals surface area contributed by atoms with Gasteiger partial charge in [-0.05, 0) is 24.1 Å². The number of halogens is 3. The van der Waals surface area contributed by atoms with E-state index in [2.05, 4.69) is 21.2 Å². The highest BCUT2D eigenvalue weighted by Gasteiger charge is 2.06. The molecule has 0 unspecified atom stereocenters. The summed E-state index contributed by atoms with van der Waals surface area (Å²) < 4.78 is 25.4. The summed E-state index contributed by atoms with van der Waals surface area (Å²) in [5, 5.41) is 3.50. The van der Waals surface area contributed by atoms with Crippen molar-refractivity contribution in [3.63, 3.8) is 0 Å². The molecule has 1 aromatic carbocycles. The van der Waals surface area contributed by atoms with Crippen LogP contribution in [-0.2, 0) is 11.2 Å². The van der Waals surface area contributed by atoms with Crippen LogP contribution in [0.1, 0.15) is 12.0 Å². The largest absolute Gasteiger partial charge is 0.356 e. The Morgan fingerprint density at radius 2 is 2.06 bits per heavy atom. The summed E-state index contributed by atoms with van der Waals surface area (Å²) in [5.74, 6) is -2.01. The Balaban J connectivity index is 2.46. The average Bonchev–Trinajstić information content (AvgIpc) is 2.24. The highest BCUT2D eigenvalue weighted by molar-refractivity contribution is 9.09.